The van der Waals surface area contributed by atoms with Gasteiger partial charge in [-0.05, 0) is 19.8 Å². The highest BCUT2D eigenvalue weighted by Gasteiger charge is 2.48. The molecule has 0 bridgehead atoms. The monoisotopic (exact) mass is 257 g/mol. The maximum absolute atomic E-state index is 12.2. The number of amides is 2. The molecule has 5 nitrogen and oxygen atoms in total. The second-order valence-corrected chi connectivity index (χ2v) is 4.85. The van der Waals surface area contributed by atoms with Gasteiger partial charge in [0.25, 0.3) is 0 Å². The van der Waals surface area contributed by atoms with E-state index >= 15 is 0 Å². The van der Waals surface area contributed by atoms with Crippen molar-refractivity contribution >= 4 is 29.0 Å². The molecule has 0 spiro atoms. The van der Waals surface area contributed by atoms with Crippen molar-refractivity contribution in [3.8, 4) is 0 Å². The molecule has 1 rings (SSSR count). The summed E-state index contributed by atoms with van der Waals surface area (Å²) in [6.07, 6.45) is 2.35. The van der Waals surface area contributed by atoms with Crippen molar-refractivity contribution in [1.82, 2.24) is 10.2 Å². The van der Waals surface area contributed by atoms with Crippen LogP contribution >= 0.6 is 12.2 Å². The fourth-order valence-corrected chi connectivity index (χ4v) is 2.29. The van der Waals surface area contributed by atoms with Gasteiger partial charge in [0.15, 0.2) is 0 Å². The van der Waals surface area contributed by atoms with Gasteiger partial charge in [0, 0.05) is 13.6 Å². The summed E-state index contributed by atoms with van der Waals surface area (Å²) < 4.78 is 0. The average molecular weight is 257 g/mol. The summed E-state index contributed by atoms with van der Waals surface area (Å²) in [7, 11) is 1.61. The molecule has 17 heavy (non-hydrogen) atoms. The number of thiocarbonyl (C=S) groups is 1. The van der Waals surface area contributed by atoms with Crippen LogP contribution in [-0.2, 0) is 9.59 Å². The van der Waals surface area contributed by atoms with Gasteiger partial charge < -0.3 is 16.0 Å². The van der Waals surface area contributed by atoms with Gasteiger partial charge in [-0.3, -0.25) is 9.59 Å². The largest absolute Gasteiger partial charge is 0.392 e. The number of nitrogens with two attached hydrogens (primary N) is 1. The minimum Gasteiger partial charge on any atom is -0.392 e. The van der Waals surface area contributed by atoms with E-state index in [0.717, 1.165) is 6.42 Å². The van der Waals surface area contributed by atoms with E-state index in [9.17, 15) is 9.59 Å². The van der Waals surface area contributed by atoms with Crippen molar-refractivity contribution in [3.05, 3.63) is 0 Å². The van der Waals surface area contributed by atoms with Crippen molar-refractivity contribution in [1.29, 1.82) is 0 Å². The highest BCUT2D eigenvalue weighted by Crippen LogP contribution is 2.42. The number of rotatable bonds is 5. The number of carbonyl (C=O) groups is 2. The Hall–Kier alpha value is -1.17. The van der Waals surface area contributed by atoms with E-state index < -0.39 is 5.41 Å². The van der Waals surface area contributed by atoms with E-state index in [-0.39, 0.29) is 23.3 Å². The number of hydrogen-bond donors (Lipinski definition) is 2. The smallest absolute Gasteiger partial charge is 0.239 e. The summed E-state index contributed by atoms with van der Waals surface area (Å²) in [6, 6.07) is 0. The molecule has 0 radical (unpaired) electrons. The lowest BCUT2D eigenvalue weighted by Crippen LogP contribution is -2.54. The van der Waals surface area contributed by atoms with Gasteiger partial charge in [0.2, 0.25) is 11.8 Å². The van der Waals surface area contributed by atoms with Crippen LogP contribution in [0.4, 0.5) is 0 Å². The molecule has 0 atom stereocenters. The molecule has 0 unspecified atom stereocenters. The van der Waals surface area contributed by atoms with Gasteiger partial charge >= 0.3 is 0 Å². The Kier molecular flexibility index (Phi) is 4.45. The highest BCUT2D eigenvalue weighted by atomic mass is 32.1. The van der Waals surface area contributed by atoms with E-state index in [1.807, 2.05) is 6.92 Å². The van der Waals surface area contributed by atoms with Crippen molar-refractivity contribution in [2.75, 3.05) is 20.1 Å². The molecule has 1 fully saturated rings. The van der Waals surface area contributed by atoms with Crippen molar-refractivity contribution in [2.45, 2.75) is 26.2 Å². The fraction of sp³-hybridized carbons (Fsp3) is 0.727. The van der Waals surface area contributed by atoms with Crippen molar-refractivity contribution < 1.29 is 9.59 Å². The minimum atomic E-state index is -0.698. The predicted molar refractivity (Wildman–Crippen MR) is 69.4 cm³/mol. The maximum atomic E-state index is 12.2. The van der Waals surface area contributed by atoms with Gasteiger partial charge in [0.1, 0.15) is 0 Å². The average Bonchev–Trinajstić information content (AvgIpc) is 2.15. The lowest BCUT2D eigenvalue weighted by atomic mass is 9.67. The molecule has 1 aliphatic rings. The molecule has 0 aromatic heterocycles. The quantitative estimate of drug-likeness (QED) is 0.682. The zero-order valence-electron chi connectivity index (χ0n) is 10.3. The third-order valence-corrected chi connectivity index (χ3v) is 3.58. The standard InChI is InChI=1S/C11H19N3O2S/c1-3-13-8(15)7-14(2)10(16)11(9(12)17)5-4-6-11/h3-7H2,1-2H3,(H2,12,17)(H,13,15). The van der Waals surface area contributed by atoms with Crippen LogP contribution in [0.2, 0.25) is 0 Å². The number of likely N-dealkylation sites (N-methyl/N-ethyl adjacent to an activating group) is 2. The second-order valence-electron chi connectivity index (χ2n) is 4.41. The normalized spacial score (nSPS) is 16.8. The lowest BCUT2D eigenvalue weighted by molar-refractivity contribution is -0.143. The molecule has 1 aliphatic carbocycles. The van der Waals surface area contributed by atoms with E-state index in [4.69, 9.17) is 18.0 Å². The fourth-order valence-electron chi connectivity index (χ4n) is 2.00. The molecule has 0 aromatic carbocycles. The van der Waals surface area contributed by atoms with Crippen molar-refractivity contribution in [3.63, 3.8) is 0 Å². The molecule has 6 heteroatoms. The van der Waals surface area contributed by atoms with E-state index in [1.54, 1.807) is 7.05 Å². The molecule has 3 N–H and O–H groups in total. The summed E-state index contributed by atoms with van der Waals surface area (Å²) >= 11 is 4.97. The lowest BCUT2D eigenvalue weighted by Gasteiger charge is -2.41. The Balaban J connectivity index is 2.63. The number of nitrogens with zero attached hydrogens (tertiary/aromatic N) is 1. The molecule has 0 heterocycles. The Morgan fingerprint density at radius 2 is 2.06 bits per heavy atom. The first kappa shape index (κ1) is 13.9. The van der Waals surface area contributed by atoms with Gasteiger partial charge in [0.05, 0.1) is 16.9 Å². The molecular weight excluding hydrogens is 238 g/mol. The summed E-state index contributed by atoms with van der Waals surface area (Å²) in [5.74, 6) is -0.303. The minimum absolute atomic E-state index is 0.0526. The van der Waals surface area contributed by atoms with Crippen LogP contribution in [0.15, 0.2) is 0 Å². The van der Waals surface area contributed by atoms with Crippen LogP contribution in [-0.4, -0.2) is 41.8 Å². The Labute approximate surface area is 107 Å². The molecule has 0 aromatic rings. The predicted octanol–water partition coefficient (Wildman–Crippen LogP) is 0.0373. The maximum Gasteiger partial charge on any atom is 0.239 e. The van der Waals surface area contributed by atoms with Crippen LogP contribution in [0, 0.1) is 5.41 Å². The summed E-state index contributed by atoms with van der Waals surface area (Å²) in [5, 5.41) is 2.65. The first-order valence-electron chi connectivity index (χ1n) is 5.76. The second kappa shape index (κ2) is 5.44. The molecular formula is C11H19N3O2S. The topological polar surface area (TPSA) is 75.4 Å². The first-order chi connectivity index (χ1) is 7.94. The zero-order chi connectivity index (χ0) is 13.1. The number of hydrogen-bond acceptors (Lipinski definition) is 3. The summed E-state index contributed by atoms with van der Waals surface area (Å²) in [5.41, 5.74) is 4.95. The SMILES string of the molecule is CCNC(=O)CN(C)C(=O)C1(C(N)=S)CCC1. The van der Waals surface area contributed by atoms with Crippen LogP contribution in [0.1, 0.15) is 26.2 Å². The Bertz CT molecular complexity index is 340. The summed E-state index contributed by atoms with van der Waals surface area (Å²) in [6.45, 7) is 2.44. The third kappa shape index (κ3) is 2.74. The van der Waals surface area contributed by atoms with Crippen LogP contribution < -0.4 is 11.1 Å². The van der Waals surface area contributed by atoms with E-state index in [0.29, 0.717) is 19.4 Å². The Morgan fingerprint density at radius 3 is 2.41 bits per heavy atom. The number of nitrogens with one attached hydrogen (secondary N) is 1. The van der Waals surface area contributed by atoms with E-state index in [1.165, 1.54) is 4.90 Å². The van der Waals surface area contributed by atoms with Crippen LogP contribution in [0.3, 0.4) is 0 Å². The highest BCUT2D eigenvalue weighted by molar-refractivity contribution is 7.80. The zero-order valence-corrected chi connectivity index (χ0v) is 11.1. The molecule has 0 aliphatic heterocycles. The molecule has 1 saturated carbocycles. The van der Waals surface area contributed by atoms with Crippen LogP contribution in [0.5, 0.6) is 0 Å². The van der Waals surface area contributed by atoms with Gasteiger partial charge in [-0.2, -0.15) is 0 Å². The van der Waals surface area contributed by atoms with Gasteiger partial charge in [-0.1, -0.05) is 18.6 Å². The van der Waals surface area contributed by atoms with Gasteiger partial charge in [-0.25, -0.2) is 0 Å². The number of carbonyl (C=O) groups excluding carboxylic acids is 2. The molecule has 96 valence electrons. The molecule has 0 saturated heterocycles. The summed E-state index contributed by atoms with van der Waals surface area (Å²) in [4.78, 5) is 25.3. The van der Waals surface area contributed by atoms with Gasteiger partial charge in [-0.15, -0.1) is 0 Å². The Morgan fingerprint density at radius 1 is 1.47 bits per heavy atom. The van der Waals surface area contributed by atoms with Crippen molar-refractivity contribution in [2.24, 2.45) is 11.1 Å². The first-order valence-corrected chi connectivity index (χ1v) is 6.17. The van der Waals surface area contributed by atoms with E-state index in [2.05, 4.69) is 5.32 Å². The van der Waals surface area contributed by atoms with Crippen LogP contribution in [0.25, 0.3) is 0 Å². The molecule has 2 amide bonds. The third-order valence-electron chi connectivity index (χ3n) is 3.19.